The van der Waals surface area contributed by atoms with E-state index in [1.165, 1.54) is 6.08 Å². The molecule has 1 atom stereocenters. The number of thiophene rings is 1. The van der Waals surface area contributed by atoms with Crippen LogP contribution >= 0.6 is 19.4 Å². The van der Waals surface area contributed by atoms with E-state index >= 15 is 0 Å². The molecule has 1 aromatic heterocycles. The number of carbonyl (C=O) groups excluding carboxylic acids is 1. The van der Waals surface area contributed by atoms with Crippen LogP contribution in [0.2, 0.25) is 0 Å². The van der Waals surface area contributed by atoms with Crippen molar-refractivity contribution in [3.05, 3.63) is 77.2 Å². The van der Waals surface area contributed by atoms with E-state index in [9.17, 15) is 9.36 Å². The van der Waals surface area contributed by atoms with Crippen molar-refractivity contribution in [3.8, 4) is 10.4 Å². The summed E-state index contributed by atoms with van der Waals surface area (Å²) in [5.74, 6) is -0.300. The van der Waals surface area contributed by atoms with Crippen LogP contribution in [-0.2, 0) is 15.5 Å². The molecule has 1 heterocycles. The molecular formula is C20H19N2O3PS. The molecule has 1 amide bonds. The molecule has 0 radical (unpaired) electrons. The lowest BCUT2D eigenvalue weighted by Gasteiger charge is -2.08. The number of nitrogens with two attached hydrogens (primary N) is 1. The lowest BCUT2D eigenvalue weighted by Crippen LogP contribution is -2.09. The highest BCUT2D eigenvalue weighted by atomic mass is 32.1. The lowest BCUT2D eigenvalue weighted by atomic mass is 10.1. The molecule has 4 N–H and O–H groups in total. The third kappa shape index (κ3) is 5.41. The molecular weight excluding hydrogens is 379 g/mol. The van der Waals surface area contributed by atoms with Gasteiger partial charge in [-0.2, -0.15) is 0 Å². The van der Waals surface area contributed by atoms with Gasteiger partial charge in [-0.1, -0.05) is 36.4 Å². The Hall–Kier alpha value is -2.66. The van der Waals surface area contributed by atoms with E-state index in [4.69, 9.17) is 10.6 Å². The maximum absolute atomic E-state index is 12.3. The summed E-state index contributed by atoms with van der Waals surface area (Å²) in [7, 11) is -2.57. The topological polar surface area (TPSA) is 92.4 Å². The number of rotatable bonds is 6. The quantitative estimate of drug-likeness (QED) is 0.321. The minimum Gasteiger partial charge on any atom is -0.397 e. The fourth-order valence-electron chi connectivity index (χ4n) is 2.59. The van der Waals surface area contributed by atoms with Gasteiger partial charge in [-0.25, -0.2) is 0 Å². The van der Waals surface area contributed by atoms with Gasteiger partial charge >= 0.3 is 0 Å². The van der Waals surface area contributed by atoms with Crippen molar-refractivity contribution in [2.24, 2.45) is 0 Å². The Labute approximate surface area is 162 Å². The summed E-state index contributed by atoms with van der Waals surface area (Å²) in [6.07, 6.45) is 3.20. The van der Waals surface area contributed by atoms with Gasteiger partial charge in [0.25, 0.3) is 0 Å². The van der Waals surface area contributed by atoms with Gasteiger partial charge in [-0.3, -0.25) is 9.36 Å². The zero-order valence-electron chi connectivity index (χ0n) is 14.4. The first-order valence-electron chi connectivity index (χ1n) is 8.24. The number of nitrogens with one attached hydrogen (secondary N) is 1. The van der Waals surface area contributed by atoms with Crippen molar-refractivity contribution in [2.75, 3.05) is 11.1 Å². The number of hydrogen-bond acceptors (Lipinski definition) is 4. The monoisotopic (exact) mass is 398 g/mol. The molecule has 2 aromatic carbocycles. The number of nitrogen functional groups attached to an aromatic ring is 1. The van der Waals surface area contributed by atoms with Gasteiger partial charge in [-0.05, 0) is 46.3 Å². The number of carbonyl (C=O) groups is 1. The van der Waals surface area contributed by atoms with Crippen LogP contribution < -0.4 is 11.1 Å². The van der Waals surface area contributed by atoms with E-state index in [0.717, 1.165) is 21.6 Å². The summed E-state index contributed by atoms with van der Waals surface area (Å²) >= 11 is 1.62. The Morgan fingerprint density at radius 1 is 1.19 bits per heavy atom. The predicted molar refractivity (Wildman–Crippen MR) is 113 cm³/mol. The second-order valence-electron chi connectivity index (χ2n) is 5.92. The van der Waals surface area contributed by atoms with E-state index in [2.05, 4.69) is 5.32 Å². The van der Waals surface area contributed by atoms with Gasteiger partial charge in [-0.15, -0.1) is 11.3 Å². The van der Waals surface area contributed by atoms with Gasteiger partial charge in [0, 0.05) is 17.1 Å². The van der Waals surface area contributed by atoms with E-state index < -0.39 is 8.03 Å². The summed E-state index contributed by atoms with van der Waals surface area (Å²) < 4.78 is 11.0. The highest BCUT2D eigenvalue weighted by Crippen LogP contribution is 2.30. The molecule has 0 bridgehead atoms. The Morgan fingerprint density at radius 2 is 2.04 bits per heavy atom. The number of benzene rings is 2. The summed E-state index contributed by atoms with van der Waals surface area (Å²) in [4.78, 5) is 22.4. The third-order valence-corrected chi connectivity index (χ3v) is 5.48. The summed E-state index contributed by atoms with van der Waals surface area (Å²) in [5, 5.41) is 4.79. The molecule has 1 unspecified atom stereocenters. The summed E-state index contributed by atoms with van der Waals surface area (Å²) in [6, 6.07) is 16.7. The molecule has 0 aliphatic heterocycles. The van der Waals surface area contributed by atoms with Gasteiger partial charge < -0.3 is 15.9 Å². The number of amides is 1. The van der Waals surface area contributed by atoms with E-state index in [1.807, 2.05) is 35.7 Å². The fraction of sp³-hybridized carbons (Fsp3) is 0.0500. The molecule has 0 saturated heterocycles. The number of anilines is 2. The molecule has 0 spiro atoms. The van der Waals surface area contributed by atoms with Crippen LogP contribution in [-0.4, -0.2) is 10.8 Å². The zero-order chi connectivity index (χ0) is 19.2. The van der Waals surface area contributed by atoms with Crippen LogP contribution in [0.1, 0.15) is 11.1 Å². The normalized spacial score (nSPS) is 12.2. The SMILES string of the molecule is Nc1ccc(-c2cccs2)cc1NC(=O)/C=C/c1cccc(C[PH](=O)O)c1. The first kappa shape index (κ1) is 19.1. The smallest absolute Gasteiger partial charge is 0.248 e. The summed E-state index contributed by atoms with van der Waals surface area (Å²) in [6.45, 7) is 0. The maximum Gasteiger partial charge on any atom is 0.248 e. The second kappa shape index (κ2) is 8.82. The number of hydrogen-bond donors (Lipinski definition) is 3. The predicted octanol–water partition coefficient (Wildman–Crippen LogP) is 4.62. The molecule has 0 aliphatic carbocycles. The average Bonchev–Trinajstić information content (AvgIpc) is 3.16. The van der Waals surface area contributed by atoms with Crippen LogP contribution in [0.15, 0.2) is 66.1 Å². The van der Waals surface area contributed by atoms with Crippen LogP contribution in [0.4, 0.5) is 11.4 Å². The highest BCUT2D eigenvalue weighted by molar-refractivity contribution is 7.37. The van der Waals surface area contributed by atoms with Crippen LogP contribution in [0.5, 0.6) is 0 Å². The molecule has 0 aliphatic rings. The molecule has 138 valence electrons. The molecule has 3 aromatic rings. The Morgan fingerprint density at radius 3 is 2.78 bits per heavy atom. The highest BCUT2D eigenvalue weighted by Gasteiger charge is 2.06. The molecule has 0 saturated carbocycles. The van der Waals surface area contributed by atoms with Gasteiger partial charge in [0.2, 0.25) is 5.91 Å². The van der Waals surface area contributed by atoms with Crippen molar-refractivity contribution < 1.29 is 14.3 Å². The van der Waals surface area contributed by atoms with Gasteiger partial charge in [0.05, 0.1) is 11.4 Å². The van der Waals surface area contributed by atoms with Crippen LogP contribution in [0, 0.1) is 0 Å². The first-order valence-corrected chi connectivity index (χ1v) is 10.7. The van der Waals surface area contributed by atoms with Crippen LogP contribution in [0.25, 0.3) is 16.5 Å². The lowest BCUT2D eigenvalue weighted by molar-refractivity contribution is -0.111. The Bertz CT molecular complexity index is 1000. The van der Waals surface area contributed by atoms with Crippen molar-refractivity contribution >= 4 is 42.7 Å². The minimum atomic E-state index is -2.57. The Balaban J connectivity index is 1.71. The van der Waals surface area contributed by atoms with E-state index in [1.54, 1.807) is 41.7 Å². The Kier molecular flexibility index (Phi) is 6.24. The van der Waals surface area contributed by atoms with Gasteiger partial charge in [0.1, 0.15) is 0 Å². The zero-order valence-corrected chi connectivity index (χ0v) is 16.2. The van der Waals surface area contributed by atoms with E-state index in [-0.39, 0.29) is 12.1 Å². The molecule has 3 rings (SSSR count). The van der Waals surface area contributed by atoms with Crippen molar-refractivity contribution in [3.63, 3.8) is 0 Å². The summed E-state index contributed by atoms with van der Waals surface area (Å²) in [5.41, 5.74) is 9.57. The van der Waals surface area contributed by atoms with Crippen LogP contribution in [0.3, 0.4) is 0 Å². The molecule has 0 fully saturated rings. The second-order valence-corrected chi connectivity index (χ2v) is 8.01. The van der Waals surface area contributed by atoms with Crippen molar-refractivity contribution in [1.29, 1.82) is 0 Å². The van der Waals surface area contributed by atoms with Crippen molar-refractivity contribution in [1.82, 2.24) is 0 Å². The molecule has 27 heavy (non-hydrogen) atoms. The minimum absolute atomic E-state index is 0.130. The first-order chi connectivity index (χ1) is 13.0. The molecule has 5 nitrogen and oxygen atoms in total. The van der Waals surface area contributed by atoms with Gasteiger partial charge in [0.15, 0.2) is 8.03 Å². The third-order valence-electron chi connectivity index (χ3n) is 3.85. The van der Waals surface area contributed by atoms with Crippen molar-refractivity contribution in [2.45, 2.75) is 6.16 Å². The fourth-order valence-corrected chi connectivity index (χ4v) is 3.88. The largest absolute Gasteiger partial charge is 0.397 e. The maximum atomic E-state index is 12.3. The standard InChI is InChI=1S/C20H19N2O3PS/c21-17-8-7-16(19-5-2-10-27-19)12-18(17)22-20(23)9-6-14-3-1-4-15(11-14)13-26(24)25/h1-12,26H,13,21H2,(H,22,23)(H,24,25)/b9-6+. The average molecular weight is 398 g/mol. The molecule has 7 heteroatoms. The van der Waals surface area contributed by atoms with E-state index in [0.29, 0.717) is 11.4 Å².